The summed E-state index contributed by atoms with van der Waals surface area (Å²) >= 11 is 0. The molecule has 1 aromatic carbocycles. The van der Waals surface area contributed by atoms with Gasteiger partial charge in [0.25, 0.3) is 5.91 Å². The first-order chi connectivity index (χ1) is 16.5. The van der Waals surface area contributed by atoms with Crippen LogP contribution in [-0.2, 0) is 14.3 Å². The number of unbranched alkanes of at least 4 members (excludes halogenated alkanes) is 3. The summed E-state index contributed by atoms with van der Waals surface area (Å²) in [6.07, 6.45) is 4.20. The minimum absolute atomic E-state index is 0.0368. The smallest absolute Gasteiger partial charge is 0.264 e. The molecule has 2 N–H and O–H groups in total. The highest BCUT2D eigenvalue weighted by molar-refractivity contribution is 6.22. The molecule has 0 saturated heterocycles. The quantitative estimate of drug-likeness (QED) is 0.394. The van der Waals surface area contributed by atoms with Gasteiger partial charge in [-0.15, -0.1) is 0 Å². The molecule has 0 aliphatic carbocycles. The van der Waals surface area contributed by atoms with Crippen LogP contribution < -0.4 is 4.74 Å². The number of amides is 1. The minimum atomic E-state index is -1.58. The van der Waals surface area contributed by atoms with Gasteiger partial charge in [0.05, 0.1) is 18.1 Å². The lowest BCUT2D eigenvalue weighted by Gasteiger charge is -2.51. The van der Waals surface area contributed by atoms with E-state index in [9.17, 15) is 19.8 Å². The number of benzene rings is 1. The molecule has 7 heteroatoms. The molecule has 7 nitrogen and oxygen atoms in total. The topological polar surface area (TPSA) is 96.3 Å². The molecule has 0 radical (unpaired) electrons. The highest BCUT2D eigenvalue weighted by Crippen LogP contribution is 2.58. The Morgan fingerprint density at radius 2 is 1.86 bits per heavy atom. The van der Waals surface area contributed by atoms with Gasteiger partial charge in [0.15, 0.2) is 11.5 Å². The summed E-state index contributed by atoms with van der Waals surface area (Å²) in [5.74, 6) is -1.63. The fourth-order valence-electron chi connectivity index (χ4n) is 6.11. The SMILES string of the molecule is CCCCCCC(C)C(=O)C1=C(O)[C@]2(Oc3cc(O)c(C)c4c3[C@H](O[C@H](C)[C@H]4C)[C@H]2C)N(C)C1=O. The summed E-state index contributed by atoms with van der Waals surface area (Å²) < 4.78 is 12.9. The molecule has 3 aliphatic rings. The Bertz CT molecular complexity index is 1080. The van der Waals surface area contributed by atoms with Gasteiger partial charge in [-0.25, -0.2) is 0 Å². The summed E-state index contributed by atoms with van der Waals surface area (Å²) in [5.41, 5.74) is 0.840. The summed E-state index contributed by atoms with van der Waals surface area (Å²) in [4.78, 5) is 28.1. The Hall–Kier alpha value is -2.54. The molecule has 35 heavy (non-hydrogen) atoms. The van der Waals surface area contributed by atoms with Crippen LogP contribution in [0.15, 0.2) is 17.4 Å². The van der Waals surface area contributed by atoms with E-state index in [0.29, 0.717) is 12.2 Å². The zero-order valence-corrected chi connectivity index (χ0v) is 22.0. The fraction of sp³-hybridized carbons (Fsp3) is 0.643. The van der Waals surface area contributed by atoms with Gasteiger partial charge in [0, 0.05) is 30.5 Å². The lowest BCUT2D eigenvalue weighted by molar-refractivity contribution is -0.179. The molecule has 0 fully saturated rings. The second kappa shape index (κ2) is 9.16. The minimum Gasteiger partial charge on any atom is -0.508 e. The van der Waals surface area contributed by atoms with E-state index < -0.39 is 23.7 Å². The van der Waals surface area contributed by atoms with Crippen molar-refractivity contribution in [3.8, 4) is 11.5 Å². The third-order valence-corrected chi connectivity index (χ3v) is 8.53. The molecule has 0 saturated carbocycles. The van der Waals surface area contributed by atoms with Crippen LogP contribution in [-0.4, -0.2) is 45.7 Å². The second-order valence-electron chi connectivity index (χ2n) is 10.7. The van der Waals surface area contributed by atoms with E-state index in [1.807, 2.05) is 27.7 Å². The van der Waals surface area contributed by atoms with Gasteiger partial charge >= 0.3 is 0 Å². The van der Waals surface area contributed by atoms with Gasteiger partial charge in [0.1, 0.15) is 17.1 Å². The first kappa shape index (κ1) is 25.5. The summed E-state index contributed by atoms with van der Waals surface area (Å²) in [7, 11) is 1.55. The number of rotatable bonds is 7. The second-order valence-corrected chi connectivity index (χ2v) is 10.7. The Morgan fingerprint density at radius 1 is 1.17 bits per heavy atom. The molecule has 192 valence electrons. The number of likely N-dealkylation sites (N-methyl/N-ethyl adjacent to an activating group) is 1. The number of ether oxygens (including phenoxy) is 2. The molecular formula is C28H39NO6. The van der Waals surface area contributed by atoms with E-state index in [-0.39, 0.29) is 40.8 Å². The first-order valence-corrected chi connectivity index (χ1v) is 13.0. The lowest BCUT2D eigenvalue weighted by atomic mass is 9.75. The van der Waals surface area contributed by atoms with Crippen LogP contribution >= 0.6 is 0 Å². The largest absolute Gasteiger partial charge is 0.508 e. The van der Waals surface area contributed by atoms with Crippen LogP contribution in [0.1, 0.15) is 95.4 Å². The number of phenolic OH excluding ortho intramolecular Hbond substituents is 1. The van der Waals surface area contributed by atoms with Crippen LogP contribution in [0.25, 0.3) is 0 Å². The van der Waals surface area contributed by atoms with Gasteiger partial charge in [-0.2, -0.15) is 0 Å². The molecule has 1 aromatic rings. The zero-order valence-electron chi connectivity index (χ0n) is 22.0. The third kappa shape index (κ3) is 3.65. The fourth-order valence-corrected chi connectivity index (χ4v) is 6.11. The number of carbonyl (C=O) groups excluding carboxylic acids is 2. The van der Waals surface area contributed by atoms with Crippen molar-refractivity contribution < 1.29 is 29.3 Å². The van der Waals surface area contributed by atoms with Gasteiger partial charge in [-0.05, 0) is 31.4 Å². The monoisotopic (exact) mass is 485 g/mol. The average Bonchev–Trinajstić information content (AvgIpc) is 3.00. The van der Waals surface area contributed by atoms with Gasteiger partial charge in [0.2, 0.25) is 5.72 Å². The Kier molecular flexibility index (Phi) is 6.68. The third-order valence-electron chi connectivity index (χ3n) is 8.53. The van der Waals surface area contributed by atoms with Crippen LogP contribution in [0, 0.1) is 18.8 Å². The number of Topliss-reactive ketones (excluding diaryl/α,β-unsaturated/α-hetero) is 1. The summed E-state index contributed by atoms with van der Waals surface area (Å²) in [6, 6.07) is 1.53. The maximum absolute atomic E-state index is 13.4. The van der Waals surface area contributed by atoms with E-state index in [1.54, 1.807) is 7.05 Å². The van der Waals surface area contributed by atoms with E-state index in [0.717, 1.165) is 42.4 Å². The molecule has 0 bridgehead atoms. The molecule has 1 spiro atoms. The number of aromatic hydroxyl groups is 1. The van der Waals surface area contributed by atoms with Crippen molar-refractivity contribution in [3.05, 3.63) is 34.1 Å². The van der Waals surface area contributed by atoms with Gasteiger partial charge in [-0.1, -0.05) is 53.4 Å². The summed E-state index contributed by atoms with van der Waals surface area (Å²) in [5, 5.41) is 22.2. The van der Waals surface area contributed by atoms with Crippen molar-refractivity contribution >= 4 is 11.7 Å². The Balaban J connectivity index is 1.78. The van der Waals surface area contributed by atoms with Crippen molar-refractivity contribution in [1.82, 2.24) is 4.90 Å². The maximum atomic E-state index is 13.4. The van der Waals surface area contributed by atoms with Crippen LogP contribution in [0.2, 0.25) is 0 Å². The maximum Gasteiger partial charge on any atom is 0.264 e. The molecule has 3 heterocycles. The van der Waals surface area contributed by atoms with E-state index in [2.05, 4.69) is 13.8 Å². The highest BCUT2D eigenvalue weighted by atomic mass is 16.6. The molecular weight excluding hydrogens is 446 g/mol. The Morgan fingerprint density at radius 3 is 2.51 bits per heavy atom. The van der Waals surface area contributed by atoms with E-state index in [4.69, 9.17) is 9.47 Å². The van der Waals surface area contributed by atoms with Crippen molar-refractivity contribution in [3.63, 3.8) is 0 Å². The molecule has 4 rings (SSSR count). The zero-order chi connectivity index (χ0) is 25.8. The number of carbonyl (C=O) groups is 2. The molecule has 1 unspecified atom stereocenters. The van der Waals surface area contributed by atoms with Gasteiger partial charge in [-0.3, -0.25) is 14.5 Å². The summed E-state index contributed by atoms with van der Waals surface area (Å²) in [6.45, 7) is 11.7. The number of phenols is 1. The normalized spacial score (nSPS) is 30.5. The van der Waals surface area contributed by atoms with Crippen LogP contribution in [0.3, 0.4) is 0 Å². The van der Waals surface area contributed by atoms with Crippen LogP contribution in [0.5, 0.6) is 11.5 Å². The van der Waals surface area contributed by atoms with Gasteiger partial charge < -0.3 is 19.7 Å². The first-order valence-electron chi connectivity index (χ1n) is 13.0. The van der Waals surface area contributed by atoms with Crippen molar-refractivity contribution in [2.24, 2.45) is 11.8 Å². The van der Waals surface area contributed by atoms with Crippen molar-refractivity contribution in [2.45, 2.75) is 97.5 Å². The number of aliphatic hydroxyl groups is 1. The number of hydrogen-bond donors (Lipinski definition) is 2. The molecule has 0 aromatic heterocycles. The molecule has 3 aliphatic heterocycles. The van der Waals surface area contributed by atoms with Crippen molar-refractivity contribution in [2.75, 3.05) is 7.05 Å². The van der Waals surface area contributed by atoms with E-state index >= 15 is 0 Å². The Labute approximate surface area is 208 Å². The highest BCUT2D eigenvalue weighted by Gasteiger charge is 2.63. The van der Waals surface area contributed by atoms with Crippen LogP contribution in [0.4, 0.5) is 0 Å². The molecule has 6 atom stereocenters. The number of hydrogen-bond acceptors (Lipinski definition) is 6. The standard InChI is InChI=1S/C28H39NO6/c1-8-9-10-11-12-14(2)24(31)23-26(32)28(29(7)27(23)33)17(5)25-22-20(35-28)13-19(30)16(4)21(22)15(3)18(6)34-25/h13-15,17-18,25,30,32H,8-12H2,1-7H3/t14?,15-,17-,18-,25-,28+/m1/s1. The number of ketones is 1. The molecule has 1 amide bonds. The lowest BCUT2D eigenvalue weighted by Crippen LogP contribution is -2.60. The van der Waals surface area contributed by atoms with Crippen molar-refractivity contribution in [1.29, 1.82) is 0 Å². The predicted octanol–water partition coefficient (Wildman–Crippen LogP) is 5.45. The van der Waals surface area contributed by atoms with E-state index in [1.165, 1.54) is 11.0 Å². The predicted molar refractivity (Wildman–Crippen MR) is 132 cm³/mol. The average molecular weight is 486 g/mol. The number of nitrogens with zero attached hydrogens (tertiary/aromatic N) is 1. The number of aliphatic hydroxyl groups excluding tert-OH is 1.